The third-order valence-corrected chi connectivity index (χ3v) is 5.40. The molecule has 2 atom stereocenters. The molecule has 0 spiro atoms. The Morgan fingerprint density at radius 2 is 2.17 bits per heavy atom. The first-order valence-electron chi connectivity index (χ1n) is 7.03. The van der Waals surface area contributed by atoms with Gasteiger partial charge in [-0.15, -0.1) is 0 Å². The molecule has 2 aliphatic rings. The summed E-state index contributed by atoms with van der Waals surface area (Å²) < 4.78 is 14.3. The molecule has 23 heavy (non-hydrogen) atoms. The molecule has 2 aliphatic heterocycles. The molecule has 4 rings (SSSR count). The van der Waals surface area contributed by atoms with Crippen LogP contribution in [0.4, 0.5) is 14.9 Å². The molecule has 0 saturated carbocycles. The van der Waals surface area contributed by atoms with Gasteiger partial charge in [0.05, 0.1) is 22.8 Å². The maximum absolute atomic E-state index is 14.2. The topological polar surface area (TPSA) is 69.6 Å². The molecule has 4 heterocycles. The van der Waals surface area contributed by atoms with E-state index >= 15 is 0 Å². The molecule has 0 aromatic carbocycles. The van der Waals surface area contributed by atoms with Crippen molar-refractivity contribution in [3.05, 3.63) is 27.8 Å². The fraction of sp³-hybridized carbons (Fsp3) is 0.357. The number of anilines is 1. The van der Waals surface area contributed by atoms with Crippen molar-refractivity contribution in [2.24, 2.45) is 0 Å². The van der Waals surface area contributed by atoms with E-state index in [0.717, 1.165) is 6.42 Å². The number of hydrogen-bond donors (Lipinski definition) is 1. The maximum atomic E-state index is 14.2. The molecule has 0 radical (unpaired) electrons. The van der Waals surface area contributed by atoms with Crippen molar-refractivity contribution in [1.82, 2.24) is 14.9 Å². The van der Waals surface area contributed by atoms with Crippen LogP contribution in [0.2, 0.25) is 5.02 Å². The minimum Gasteiger partial charge on any atom is -0.465 e. The minimum atomic E-state index is -0.903. The average Bonchev–Trinajstić information content (AvgIpc) is 2.82. The van der Waals surface area contributed by atoms with E-state index in [-0.39, 0.29) is 22.2 Å². The largest absolute Gasteiger partial charge is 0.465 e. The van der Waals surface area contributed by atoms with E-state index in [1.165, 1.54) is 17.3 Å². The van der Waals surface area contributed by atoms with Gasteiger partial charge in [0.1, 0.15) is 10.1 Å². The van der Waals surface area contributed by atoms with Gasteiger partial charge >= 0.3 is 6.09 Å². The Hall–Kier alpha value is -1.67. The number of hydrogen-bond acceptors (Lipinski definition) is 4. The molecule has 0 unspecified atom stereocenters. The van der Waals surface area contributed by atoms with Crippen molar-refractivity contribution in [2.75, 3.05) is 18.0 Å². The fourth-order valence-electron chi connectivity index (χ4n) is 3.47. The van der Waals surface area contributed by atoms with E-state index in [9.17, 15) is 14.3 Å². The third kappa shape index (κ3) is 2.08. The highest BCUT2D eigenvalue weighted by Crippen LogP contribution is 2.43. The molecule has 2 saturated heterocycles. The van der Waals surface area contributed by atoms with Crippen molar-refractivity contribution >= 4 is 50.2 Å². The fourth-order valence-corrected chi connectivity index (χ4v) is 4.02. The first kappa shape index (κ1) is 14.9. The summed E-state index contributed by atoms with van der Waals surface area (Å²) in [7, 11) is 0. The second-order valence-corrected chi connectivity index (χ2v) is 6.79. The van der Waals surface area contributed by atoms with Crippen LogP contribution in [0.5, 0.6) is 0 Å². The van der Waals surface area contributed by atoms with Crippen LogP contribution in [-0.4, -0.2) is 51.2 Å². The summed E-state index contributed by atoms with van der Waals surface area (Å²) in [6.07, 6.45) is 2.78. The smallest absolute Gasteiger partial charge is 0.407 e. The van der Waals surface area contributed by atoms with Crippen LogP contribution in [0, 0.1) is 5.82 Å². The number of amides is 1. The number of carbonyl (C=O) groups is 1. The van der Waals surface area contributed by atoms with Gasteiger partial charge in [0, 0.05) is 30.9 Å². The van der Waals surface area contributed by atoms with Crippen molar-refractivity contribution in [3.8, 4) is 0 Å². The van der Waals surface area contributed by atoms with Crippen LogP contribution in [-0.2, 0) is 0 Å². The Morgan fingerprint density at radius 1 is 1.39 bits per heavy atom. The Balaban J connectivity index is 1.78. The lowest BCUT2D eigenvalue weighted by Gasteiger charge is -2.48. The van der Waals surface area contributed by atoms with Crippen LogP contribution in [0.15, 0.2) is 17.0 Å². The van der Waals surface area contributed by atoms with Gasteiger partial charge in [-0.1, -0.05) is 11.6 Å². The maximum Gasteiger partial charge on any atom is 0.407 e. The first-order chi connectivity index (χ1) is 11.0. The number of aromatic nitrogens is 2. The summed E-state index contributed by atoms with van der Waals surface area (Å²) in [4.78, 5) is 22.7. The van der Waals surface area contributed by atoms with Gasteiger partial charge in [0.2, 0.25) is 0 Å². The van der Waals surface area contributed by atoms with Crippen molar-refractivity contribution < 1.29 is 14.3 Å². The average molecular weight is 402 g/mol. The molecule has 2 fully saturated rings. The predicted molar refractivity (Wildman–Crippen MR) is 86.5 cm³/mol. The van der Waals surface area contributed by atoms with Gasteiger partial charge in [0.15, 0.2) is 5.82 Å². The normalized spacial score (nSPS) is 23.1. The zero-order valence-corrected chi connectivity index (χ0v) is 14.1. The number of halogens is 3. The number of fused-ring (bicyclic) bond motifs is 2. The lowest BCUT2D eigenvalue weighted by Crippen LogP contribution is -2.63. The van der Waals surface area contributed by atoms with Crippen LogP contribution in [0.25, 0.3) is 10.9 Å². The lowest BCUT2D eigenvalue weighted by molar-refractivity contribution is 0.129. The van der Waals surface area contributed by atoms with Crippen LogP contribution in [0.3, 0.4) is 0 Å². The Kier molecular flexibility index (Phi) is 3.35. The van der Waals surface area contributed by atoms with Gasteiger partial charge in [-0.3, -0.25) is 4.98 Å². The highest BCUT2D eigenvalue weighted by atomic mass is 79.9. The standard InChI is InChI=1S/C14H11BrClFN4O2/c15-13-10(17)11-6(3-19-13)12(7(16)4-18-11)21-5-9-8(21)1-2-20(9)14(22)23/h3-4,8-9H,1-2,5H2,(H,22,23)/t8-,9-/m1/s1. The Morgan fingerprint density at radius 3 is 2.91 bits per heavy atom. The molecule has 9 heteroatoms. The van der Waals surface area contributed by atoms with Gasteiger partial charge in [-0.2, -0.15) is 0 Å². The number of nitrogens with zero attached hydrogens (tertiary/aromatic N) is 4. The zero-order valence-electron chi connectivity index (χ0n) is 11.7. The SMILES string of the molecule is O=C(O)N1CC[C@@H]2[C@H]1CN2c1c(Cl)cnc2c(F)c(Br)ncc12. The van der Waals surface area contributed by atoms with Crippen LogP contribution < -0.4 is 4.90 Å². The second kappa shape index (κ2) is 5.17. The van der Waals surface area contributed by atoms with E-state index in [4.69, 9.17) is 11.6 Å². The van der Waals surface area contributed by atoms with Crippen molar-refractivity contribution in [3.63, 3.8) is 0 Å². The molecule has 0 aliphatic carbocycles. The molecule has 2 aromatic rings. The first-order valence-corrected chi connectivity index (χ1v) is 8.20. The van der Waals surface area contributed by atoms with Crippen molar-refractivity contribution in [2.45, 2.75) is 18.5 Å². The van der Waals surface area contributed by atoms with E-state index in [2.05, 4.69) is 25.9 Å². The van der Waals surface area contributed by atoms with Gasteiger partial charge in [-0.05, 0) is 22.4 Å². The molecule has 120 valence electrons. The quantitative estimate of drug-likeness (QED) is 0.744. The number of rotatable bonds is 1. The summed E-state index contributed by atoms with van der Waals surface area (Å²) in [5, 5.41) is 10.1. The number of carboxylic acid groups (broad SMARTS) is 1. The summed E-state index contributed by atoms with van der Waals surface area (Å²) >= 11 is 9.35. The van der Waals surface area contributed by atoms with Gasteiger partial charge in [-0.25, -0.2) is 14.2 Å². The Labute approximate surface area is 144 Å². The molecule has 1 N–H and O–H groups in total. The predicted octanol–water partition coefficient (Wildman–Crippen LogP) is 3.13. The highest BCUT2D eigenvalue weighted by molar-refractivity contribution is 9.10. The number of likely N-dealkylation sites (tertiary alicyclic amines) is 1. The summed E-state index contributed by atoms with van der Waals surface area (Å²) in [6.45, 7) is 1.04. The molecule has 2 aromatic heterocycles. The van der Waals surface area contributed by atoms with Crippen molar-refractivity contribution in [1.29, 1.82) is 0 Å². The monoisotopic (exact) mass is 400 g/mol. The van der Waals surface area contributed by atoms with E-state index in [0.29, 0.717) is 29.2 Å². The Bertz CT molecular complexity index is 836. The second-order valence-electron chi connectivity index (χ2n) is 5.63. The molecular weight excluding hydrogens is 391 g/mol. The summed E-state index contributed by atoms with van der Waals surface area (Å²) in [5.74, 6) is -0.531. The van der Waals surface area contributed by atoms with Gasteiger partial charge < -0.3 is 14.9 Å². The van der Waals surface area contributed by atoms with E-state index in [1.807, 2.05) is 4.90 Å². The number of pyridine rings is 2. The lowest BCUT2D eigenvalue weighted by atomic mass is 9.95. The van der Waals surface area contributed by atoms with Crippen LogP contribution in [0.1, 0.15) is 6.42 Å². The van der Waals surface area contributed by atoms with E-state index in [1.54, 1.807) is 0 Å². The molecule has 6 nitrogen and oxygen atoms in total. The third-order valence-electron chi connectivity index (χ3n) is 4.57. The molecule has 1 amide bonds. The van der Waals surface area contributed by atoms with E-state index < -0.39 is 11.9 Å². The molecule has 0 bridgehead atoms. The summed E-state index contributed by atoms with van der Waals surface area (Å²) in [6, 6.07) is 0.0148. The molecular formula is C14H11BrClFN4O2. The summed E-state index contributed by atoms with van der Waals surface area (Å²) in [5.41, 5.74) is 0.867. The minimum absolute atomic E-state index is 0.0416. The highest BCUT2D eigenvalue weighted by Gasteiger charge is 2.49. The van der Waals surface area contributed by atoms with Gasteiger partial charge in [0.25, 0.3) is 0 Å². The van der Waals surface area contributed by atoms with Crippen LogP contribution >= 0.6 is 27.5 Å². The zero-order chi connectivity index (χ0) is 16.3.